The highest BCUT2D eigenvalue weighted by atomic mass is 35.5. The van der Waals surface area contributed by atoms with E-state index in [9.17, 15) is 4.79 Å². The van der Waals surface area contributed by atoms with E-state index in [0.29, 0.717) is 21.6 Å². The Bertz CT molecular complexity index is 1180. The van der Waals surface area contributed by atoms with Crippen molar-refractivity contribution in [3.8, 4) is 11.3 Å². The van der Waals surface area contributed by atoms with E-state index in [4.69, 9.17) is 27.6 Å². The van der Waals surface area contributed by atoms with Gasteiger partial charge in [0.1, 0.15) is 18.1 Å². The van der Waals surface area contributed by atoms with Gasteiger partial charge in [0.05, 0.1) is 33.6 Å². The van der Waals surface area contributed by atoms with E-state index in [0.717, 1.165) is 16.6 Å². The molecule has 1 amide bonds. The van der Waals surface area contributed by atoms with Crippen LogP contribution in [0.5, 0.6) is 0 Å². The molecular weight excluding hydrogens is 399 g/mol. The Labute approximate surface area is 170 Å². The van der Waals surface area contributed by atoms with Crippen molar-refractivity contribution in [2.45, 2.75) is 6.54 Å². The van der Waals surface area contributed by atoms with Gasteiger partial charge >= 0.3 is 0 Å². The number of nitrogens with zero attached hydrogens (tertiary/aromatic N) is 3. The lowest BCUT2D eigenvalue weighted by atomic mass is 10.2. The summed E-state index contributed by atoms with van der Waals surface area (Å²) in [6, 6.07) is 16.4. The van der Waals surface area contributed by atoms with Crippen LogP contribution in [0.15, 0.2) is 70.4 Å². The lowest BCUT2D eigenvalue weighted by Gasteiger charge is -2.02. The fourth-order valence-electron chi connectivity index (χ4n) is 2.72. The number of para-hydroxylation sites is 2. The van der Waals surface area contributed by atoms with Crippen molar-refractivity contribution in [1.29, 1.82) is 0 Å². The molecule has 0 radical (unpaired) electrons. The first-order chi connectivity index (χ1) is 13.6. The van der Waals surface area contributed by atoms with E-state index < -0.39 is 0 Å². The summed E-state index contributed by atoms with van der Waals surface area (Å²) in [4.78, 5) is 16.4. The quantitative estimate of drug-likeness (QED) is 0.379. The second-order valence-corrected chi connectivity index (χ2v) is 6.80. The Morgan fingerprint density at radius 1 is 1.14 bits per heavy atom. The van der Waals surface area contributed by atoms with Crippen LogP contribution < -0.4 is 5.43 Å². The number of rotatable bonds is 5. The predicted molar refractivity (Wildman–Crippen MR) is 110 cm³/mol. The van der Waals surface area contributed by atoms with Crippen LogP contribution in [0.1, 0.15) is 5.76 Å². The van der Waals surface area contributed by atoms with Crippen LogP contribution in [0.2, 0.25) is 10.0 Å². The van der Waals surface area contributed by atoms with Gasteiger partial charge in [-0.15, -0.1) is 0 Å². The number of hydrogen-bond donors (Lipinski definition) is 1. The molecule has 2 aromatic carbocycles. The normalized spacial score (nSPS) is 11.4. The number of nitrogens with one attached hydrogen (secondary N) is 1. The number of benzene rings is 2. The van der Waals surface area contributed by atoms with Crippen molar-refractivity contribution >= 4 is 46.4 Å². The van der Waals surface area contributed by atoms with Gasteiger partial charge in [-0.1, -0.05) is 35.3 Å². The fraction of sp³-hybridized carbons (Fsp3) is 0.0500. The van der Waals surface area contributed by atoms with Crippen molar-refractivity contribution in [3.63, 3.8) is 0 Å². The van der Waals surface area contributed by atoms with E-state index in [1.54, 1.807) is 35.2 Å². The number of carbonyl (C=O) groups is 1. The second kappa shape index (κ2) is 7.88. The van der Waals surface area contributed by atoms with Crippen molar-refractivity contribution in [2.24, 2.45) is 5.10 Å². The average Bonchev–Trinajstić information content (AvgIpc) is 3.32. The minimum absolute atomic E-state index is 0.116. The molecule has 0 unspecified atom stereocenters. The predicted octanol–water partition coefficient (Wildman–Crippen LogP) is 4.75. The average molecular weight is 413 g/mol. The topological polar surface area (TPSA) is 72.4 Å². The zero-order valence-electron chi connectivity index (χ0n) is 14.5. The molecule has 4 rings (SSSR count). The van der Waals surface area contributed by atoms with E-state index in [2.05, 4.69) is 15.5 Å². The summed E-state index contributed by atoms with van der Waals surface area (Å²) >= 11 is 12.0. The molecule has 6 nitrogen and oxygen atoms in total. The maximum absolute atomic E-state index is 12.1. The van der Waals surface area contributed by atoms with Crippen molar-refractivity contribution in [1.82, 2.24) is 15.0 Å². The number of hydrogen-bond acceptors (Lipinski definition) is 4. The zero-order valence-corrected chi connectivity index (χ0v) is 16.0. The molecule has 0 aliphatic heterocycles. The summed E-state index contributed by atoms with van der Waals surface area (Å²) in [6.45, 7) is 0.116. The third-order valence-electron chi connectivity index (χ3n) is 4.05. The monoisotopic (exact) mass is 412 g/mol. The number of fused-ring (bicyclic) bond motifs is 1. The first-order valence-corrected chi connectivity index (χ1v) is 9.13. The fourth-order valence-corrected chi connectivity index (χ4v) is 3.02. The summed E-state index contributed by atoms with van der Waals surface area (Å²) < 4.78 is 7.45. The molecule has 28 heavy (non-hydrogen) atoms. The Morgan fingerprint density at radius 2 is 2.00 bits per heavy atom. The third kappa shape index (κ3) is 3.93. The highest BCUT2D eigenvalue weighted by molar-refractivity contribution is 6.42. The molecule has 4 aromatic rings. The maximum atomic E-state index is 12.1. The Morgan fingerprint density at radius 3 is 2.86 bits per heavy atom. The molecule has 140 valence electrons. The number of aromatic nitrogens is 2. The van der Waals surface area contributed by atoms with E-state index in [-0.39, 0.29) is 12.5 Å². The number of halogens is 2. The maximum Gasteiger partial charge on any atom is 0.260 e. The molecule has 0 atom stereocenters. The standard InChI is InChI=1S/C20H14Cl2N4O2/c21-15-7-5-13(9-16(15)22)19-8-6-14(28-19)10-24-25-20(27)11-26-12-23-17-3-1-2-4-18(17)26/h1-10,12H,11H2,(H,25,27)/b24-10-. The Hall–Kier alpha value is -3.09. The summed E-state index contributed by atoms with van der Waals surface area (Å²) in [7, 11) is 0. The highest BCUT2D eigenvalue weighted by Crippen LogP contribution is 2.29. The lowest BCUT2D eigenvalue weighted by molar-refractivity contribution is -0.121. The van der Waals surface area contributed by atoms with Crippen LogP contribution >= 0.6 is 23.2 Å². The first kappa shape index (κ1) is 18.3. The molecule has 1 N–H and O–H groups in total. The van der Waals surface area contributed by atoms with Gasteiger partial charge < -0.3 is 8.98 Å². The molecule has 0 saturated carbocycles. The van der Waals surface area contributed by atoms with Crippen molar-refractivity contribution < 1.29 is 9.21 Å². The van der Waals surface area contributed by atoms with Crippen LogP contribution in [0.25, 0.3) is 22.4 Å². The van der Waals surface area contributed by atoms with Gasteiger partial charge in [0.15, 0.2) is 0 Å². The number of furan rings is 1. The van der Waals surface area contributed by atoms with Gasteiger partial charge in [-0.25, -0.2) is 10.4 Å². The molecule has 0 spiro atoms. The van der Waals surface area contributed by atoms with Crippen molar-refractivity contribution in [2.75, 3.05) is 0 Å². The van der Waals surface area contributed by atoms with E-state index in [1.165, 1.54) is 6.21 Å². The first-order valence-electron chi connectivity index (χ1n) is 8.37. The number of amides is 1. The van der Waals surface area contributed by atoms with Gasteiger partial charge in [0.25, 0.3) is 5.91 Å². The second-order valence-electron chi connectivity index (χ2n) is 5.99. The minimum Gasteiger partial charge on any atom is -0.455 e. The van der Waals surface area contributed by atoms with Gasteiger partial charge in [-0.2, -0.15) is 5.10 Å². The number of imidazole rings is 1. The van der Waals surface area contributed by atoms with Crippen LogP contribution in [-0.2, 0) is 11.3 Å². The molecular formula is C20H14Cl2N4O2. The molecule has 8 heteroatoms. The summed E-state index contributed by atoms with van der Waals surface area (Å²) in [5.74, 6) is 0.848. The largest absolute Gasteiger partial charge is 0.455 e. The number of hydrazone groups is 1. The zero-order chi connectivity index (χ0) is 19.5. The van der Waals surface area contributed by atoms with Crippen LogP contribution in [0.3, 0.4) is 0 Å². The molecule has 0 aliphatic rings. The molecule has 0 bridgehead atoms. The minimum atomic E-state index is -0.268. The molecule has 2 heterocycles. The highest BCUT2D eigenvalue weighted by Gasteiger charge is 2.08. The van der Waals surface area contributed by atoms with Crippen molar-refractivity contribution in [3.05, 3.63) is 76.7 Å². The third-order valence-corrected chi connectivity index (χ3v) is 4.79. The van der Waals surface area contributed by atoms with Crippen LogP contribution in [0, 0.1) is 0 Å². The van der Waals surface area contributed by atoms with Gasteiger partial charge in [-0.05, 0) is 42.5 Å². The van der Waals surface area contributed by atoms with E-state index in [1.807, 2.05) is 30.3 Å². The van der Waals surface area contributed by atoms with Gasteiger partial charge in [-0.3, -0.25) is 4.79 Å². The molecule has 2 aromatic heterocycles. The summed E-state index contributed by atoms with van der Waals surface area (Å²) in [5.41, 5.74) is 5.00. The molecule has 0 saturated heterocycles. The molecule has 0 aliphatic carbocycles. The molecule has 0 fully saturated rings. The van der Waals surface area contributed by atoms with Crippen LogP contribution in [0.4, 0.5) is 0 Å². The number of carbonyl (C=O) groups excluding carboxylic acids is 1. The lowest BCUT2D eigenvalue weighted by Crippen LogP contribution is -2.22. The van der Waals surface area contributed by atoms with E-state index >= 15 is 0 Å². The summed E-state index contributed by atoms with van der Waals surface area (Å²) in [6.07, 6.45) is 3.06. The van der Waals surface area contributed by atoms with Gasteiger partial charge in [0, 0.05) is 5.56 Å². The summed E-state index contributed by atoms with van der Waals surface area (Å²) in [5, 5.41) is 4.87. The Balaban J connectivity index is 1.39. The van der Waals surface area contributed by atoms with Gasteiger partial charge in [0.2, 0.25) is 0 Å². The Kier molecular flexibility index (Phi) is 5.14. The smallest absolute Gasteiger partial charge is 0.260 e. The SMILES string of the molecule is O=C(Cn1cnc2ccccc21)N/N=C\c1ccc(-c2ccc(Cl)c(Cl)c2)o1. The van der Waals surface area contributed by atoms with Crippen LogP contribution in [-0.4, -0.2) is 21.7 Å².